The maximum absolute atomic E-state index is 10.7. The van der Waals surface area contributed by atoms with Crippen LogP contribution in [0, 0.1) is 0 Å². The lowest BCUT2D eigenvalue weighted by Crippen LogP contribution is -2.24. The van der Waals surface area contributed by atoms with E-state index < -0.39 is 5.72 Å². The fraction of sp³-hybridized carbons (Fsp3) is 0.143. The van der Waals surface area contributed by atoms with Gasteiger partial charge in [-0.05, 0) is 0 Å². The quantitative estimate of drug-likeness (QED) is 0.803. The number of aliphatic hydroxyl groups is 1. The highest BCUT2D eigenvalue weighted by Crippen LogP contribution is 2.30. The highest BCUT2D eigenvalue weighted by molar-refractivity contribution is 5.34. The van der Waals surface area contributed by atoms with Crippen LogP contribution in [-0.2, 0) is 5.72 Å². The summed E-state index contributed by atoms with van der Waals surface area (Å²) < 4.78 is 0. The largest absolute Gasteiger partial charge is 0.361 e. The molecule has 0 unspecified atom stereocenters. The predicted octanol–water partition coefficient (Wildman–Crippen LogP) is 2.96. The lowest BCUT2D eigenvalue weighted by Gasteiger charge is -2.23. The normalized spacial score (nSPS) is 11.9. The molecule has 2 aromatic rings. The van der Waals surface area contributed by atoms with Crippen LogP contribution >= 0.6 is 0 Å². The standard InChI is InChI=1S/C14H14N2O/c1-15-16-14(17,12-8-4-2-5-9-12)13-10-6-3-7-11-13/h2-11,17H,1H3. The first-order chi connectivity index (χ1) is 8.27. The number of rotatable bonds is 3. The molecule has 86 valence electrons. The Bertz CT molecular complexity index is 455. The van der Waals surface area contributed by atoms with Gasteiger partial charge in [-0.15, -0.1) is 5.11 Å². The van der Waals surface area contributed by atoms with Crippen molar-refractivity contribution in [2.24, 2.45) is 10.2 Å². The van der Waals surface area contributed by atoms with E-state index in [-0.39, 0.29) is 0 Å². The molecular weight excluding hydrogens is 212 g/mol. The molecule has 0 spiro atoms. The first-order valence-corrected chi connectivity index (χ1v) is 5.42. The molecule has 0 amide bonds. The average molecular weight is 226 g/mol. The van der Waals surface area contributed by atoms with Crippen LogP contribution in [0.25, 0.3) is 0 Å². The zero-order chi connectivity index (χ0) is 12.1. The summed E-state index contributed by atoms with van der Waals surface area (Å²) in [5.74, 6) is 0. The minimum Gasteiger partial charge on any atom is -0.361 e. The highest BCUT2D eigenvalue weighted by atomic mass is 16.3. The Labute approximate surface area is 100 Å². The van der Waals surface area contributed by atoms with E-state index in [9.17, 15) is 5.11 Å². The Hall–Kier alpha value is -2.00. The minimum absolute atomic E-state index is 0.705. The van der Waals surface area contributed by atoms with Gasteiger partial charge in [-0.2, -0.15) is 5.11 Å². The SMILES string of the molecule is CN=NC(O)(c1ccccc1)c1ccccc1. The van der Waals surface area contributed by atoms with Crippen LogP contribution in [0.4, 0.5) is 0 Å². The molecule has 0 heterocycles. The van der Waals surface area contributed by atoms with Gasteiger partial charge in [0.1, 0.15) is 0 Å². The third-order valence-electron chi connectivity index (χ3n) is 2.60. The van der Waals surface area contributed by atoms with E-state index >= 15 is 0 Å². The van der Waals surface area contributed by atoms with E-state index in [4.69, 9.17) is 0 Å². The fourth-order valence-corrected chi connectivity index (χ4v) is 1.77. The molecule has 1 N–H and O–H groups in total. The van der Waals surface area contributed by atoms with Gasteiger partial charge in [-0.3, -0.25) is 0 Å². The Morgan fingerprint density at radius 1 is 0.824 bits per heavy atom. The summed E-state index contributed by atoms with van der Waals surface area (Å²) in [4.78, 5) is 0. The summed E-state index contributed by atoms with van der Waals surface area (Å²) in [7, 11) is 1.55. The highest BCUT2D eigenvalue weighted by Gasteiger charge is 2.30. The van der Waals surface area contributed by atoms with Crippen LogP contribution in [0.1, 0.15) is 11.1 Å². The molecule has 0 saturated heterocycles. The Kier molecular flexibility index (Phi) is 3.30. The van der Waals surface area contributed by atoms with Gasteiger partial charge in [0.15, 0.2) is 0 Å². The lowest BCUT2D eigenvalue weighted by molar-refractivity contribution is 0.0826. The van der Waals surface area contributed by atoms with Crippen molar-refractivity contribution in [2.75, 3.05) is 7.05 Å². The Balaban J connectivity index is 2.55. The molecule has 17 heavy (non-hydrogen) atoms. The predicted molar refractivity (Wildman–Crippen MR) is 66.7 cm³/mol. The molecule has 0 bridgehead atoms. The second-order valence-electron chi connectivity index (χ2n) is 3.70. The molecule has 0 aliphatic carbocycles. The summed E-state index contributed by atoms with van der Waals surface area (Å²) in [5, 5.41) is 18.4. The maximum Gasteiger partial charge on any atom is 0.228 e. The smallest absolute Gasteiger partial charge is 0.228 e. The Morgan fingerprint density at radius 2 is 1.24 bits per heavy atom. The summed E-state index contributed by atoms with van der Waals surface area (Å²) in [6.07, 6.45) is 0. The van der Waals surface area contributed by atoms with E-state index in [1.807, 2.05) is 60.7 Å². The molecule has 3 nitrogen and oxygen atoms in total. The minimum atomic E-state index is -1.41. The molecule has 0 atom stereocenters. The molecule has 2 rings (SSSR count). The van der Waals surface area contributed by atoms with E-state index in [2.05, 4.69) is 10.2 Å². The molecule has 0 aliphatic rings. The summed E-state index contributed by atoms with van der Waals surface area (Å²) in [6.45, 7) is 0. The van der Waals surface area contributed by atoms with Gasteiger partial charge in [0.2, 0.25) is 5.72 Å². The molecule has 0 radical (unpaired) electrons. The lowest BCUT2D eigenvalue weighted by atomic mass is 9.95. The topological polar surface area (TPSA) is 45.0 Å². The zero-order valence-electron chi connectivity index (χ0n) is 9.62. The van der Waals surface area contributed by atoms with Gasteiger partial charge in [0, 0.05) is 18.2 Å². The van der Waals surface area contributed by atoms with Gasteiger partial charge in [0.25, 0.3) is 0 Å². The monoisotopic (exact) mass is 226 g/mol. The first kappa shape index (κ1) is 11.5. The number of azo groups is 1. The van der Waals surface area contributed by atoms with Crippen molar-refractivity contribution in [3.05, 3.63) is 71.8 Å². The zero-order valence-corrected chi connectivity index (χ0v) is 9.62. The van der Waals surface area contributed by atoms with E-state index in [0.29, 0.717) is 11.1 Å². The van der Waals surface area contributed by atoms with Crippen LogP contribution < -0.4 is 0 Å². The van der Waals surface area contributed by atoms with Crippen molar-refractivity contribution in [3.8, 4) is 0 Å². The number of hydrogen-bond donors (Lipinski definition) is 1. The average Bonchev–Trinajstić information content (AvgIpc) is 2.41. The van der Waals surface area contributed by atoms with Gasteiger partial charge in [-0.25, -0.2) is 0 Å². The number of benzene rings is 2. The van der Waals surface area contributed by atoms with Crippen LogP contribution in [0.2, 0.25) is 0 Å². The maximum atomic E-state index is 10.7. The molecule has 0 aromatic heterocycles. The third-order valence-corrected chi connectivity index (χ3v) is 2.60. The Morgan fingerprint density at radius 3 is 1.59 bits per heavy atom. The van der Waals surface area contributed by atoms with Gasteiger partial charge in [-0.1, -0.05) is 60.7 Å². The summed E-state index contributed by atoms with van der Waals surface area (Å²) >= 11 is 0. The van der Waals surface area contributed by atoms with Crippen molar-refractivity contribution >= 4 is 0 Å². The van der Waals surface area contributed by atoms with Crippen LogP contribution in [0.5, 0.6) is 0 Å². The van der Waals surface area contributed by atoms with Crippen LogP contribution in [0.15, 0.2) is 70.9 Å². The van der Waals surface area contributed by atoms with E-state index in [1.54, 1.807) is 7.05 Å². The van der Waals surface area contributed by atoms with Crippen LogP contribution in [0.3, 0.4) is 0 Å². The van der Waals surface area contributed by atoms with Crippen molar-refractivity contribution in [1.29, 1.82) is 0 Å². The fourth-order valence-electron chi connectivity index (χ4n) is 1.77. The molecule has 0 aliphatic heterocycles. The molecule has 0 fully saturated rings. The molecular formula is C14H14N2O. The van der Waals surface area contributed by atoms with E-state index in [1.165, 1.54) is 0 Å². The third kappa shape index (κ3) is 2.24. The first-order valence-electron chi connectivity index (χ1n) is 5.42. The molecule has 3 heteroatoms. The van der Waals surface area contributed by atoms with Gasteiger partial charge in [0.05, 0.1) is 0 Å². The molecule has 0 saturated carbocycles. The van der Waals surface area contributed by atoms with Crippen molar-refractivity contribution < 1.29 is 5.11 Å². The van der Waals surface area contributed by atoms with Crippen LogP contribution in [-0.4, -0.2) is 12.2 Å². The van der Waals surface area contributed by atoms with Gasteiger partial charge < -0.3 is 5.11 Å². The second kappa shape index (κ2) is 4.89. The second-order valence-corrected chi connectivity index (χ2v) is 3.70. The summed E-state index contributed by atoms with van der Waals surface area (Å²) in [5.41, 5.74) is 0.00525. The number of hydrogen-bond acceptors (Lipinski definition) is 3. The molecule has 2 aromatic carbocycles. The van der Waals surface area contributed by atoms with Gasteiger partial charge >= 0.3 is 0 Å². The summed E-state index contributed by atoms with van der Waals surface area (Å²) in [6, 6.07) is 18.6. The van der Waals surface area contributed by atoms with E-state index in [0.717, 1.165) is 0 Å². The van der Waals surface area contributed by atoms with Crippen molar-refractivity contribution in [3.63, 3.8) is 0 Å². The number of nitrogens with zero attached hydrogens (tertiary/aromatic N) is 2. The van der Waals surface area contributed by atoms with Crippen molar-refractivity contribution in [1.82, 2.24) is 0 Å². The van der Waals surface area contributed by atoms with Crippen molar-refractivity contribution in [2.45, 2.75) is 5.72 Å².